The standard InChI is InChI=1S/C58H36N4O/c1-4-18-37(19-5-1)50-36-51(38-20-6-2-7-21-38)60-58(59-50)62-53-32-14-10-24-40(53)43-27-16-28-44(56(43)62)48-35-54-49(41-25-11-13-31-52(41)61(54)39-22-8-3-9-23-39)34-47(48)46-30-17-29-45-42-26-12-15-33-55(42)63-57(45)46/h1-36H. The normalized spacial score (nSPS) is 11.8. The maximum absolute atomic E-state index is 6.81. The smallest absolute Gasteiger partial charge is 0.235 e. The number of hydrogen-bond donors (Lipinski definition) is 0. The number of benzene rings is 9. The zero-order valence-electron chi connectivity index (χ0n) is 34.0. The van der Waals surface area contributed by atoms with Crippen molar-refractivity contribution < 1.29 is 4.42 Å². The summed E-state index contributed by atoms with van der Waals surface area (Å²) in [4.78, 5) is 10.8. The van der Waals surface area contributed by atoms with Gasteiger partial charge in [-0.15, -0.1) is 0 Å². The van der Waals surface area contributed by atoms with Gasteiger partial charge in [0.2, 0.25) is 5.95 Å². The summed E-state index contributed by atoms with van der Waals surface area (Å²) >= 11 is 0. The minimum Gasteiger partial charge on any atom is -0.455 e. The Morgan fingerprint density at radius 1 is 0.333 bits per heavy atom. The van der Waals surface area contributed by atoms with Gasteiger partial charge in [-0.2, -0.15) is 0 Å². The van der Waals surface area contributed by atoms with Crippen molar-refractivity contribution >= 4 is 65.6 Å². The fourth-order valence-corrected chi connectivity index (χ4v) is 9.77. The van der Waals surface area contributed by atoms with Gasteiger partial charge >= 0.3 is 0 Å². The molecule has 0 unspecified atom stereocenters. The molecule has 294 valence electrons. The van der Waals surface area contributed by atoms with E-state index < -0.39 is 0 Å². The largest absolute Gasteiger partial charge is 0.455 e. The molecule has 9 aromatic carbocycles. The van der Waals surface area contributed by atoms with Crippen LogP contribution in [-0.4, -0.2) is 19.1 Å². The monoisotopic (exact) mass is 804 g/mol. The first-order chi connectivity index (χ1) is 31.3. The molecule has 0 bridgehead atoms. The van der Waals surface area contributed by atoms with Crippen LogP contribution in [0.5, 0.6) is 0 Å². The van der Waals surface area contributed by atoms with Crippen LogP contribution in [0, 0.1) is 0 Å². The lowest BCUT2D eigenvalue weighted by molar-refractivity contribution is 0.670. The summed E-state index contributed by atoms with van der Waals surface area (Å²) in [5, 5.41) is 6.80. The molecule has 4 aromatic heterocycles. The lowest BCUT2D eigenvalue weighted by Crippen LogP contribution is -2.05. The average molecular weight is 805 g/mol. The topological polar surface area (TPSA) is 48.8 Å². The molecule has 5 nitrogen and oxygen atoms in total. The van der Waals surface area contributed by atoms with Crippen molar-refractivity contribution in [3.8, 4) is 56.4 Å². The van der Waals surface area contributed by atoms with Crippen LogP contribution < -0.4 is 0 Å². The average Bonchev–Trinajstić information content (AvgIpc) is 4.02. The first-order valence-corrected chi connectivity index (χ1v) is 21.3. The molecule has 0 amide bonds. The summed E-state index contributed by atoms with van der Waals surface area (Å²) in [7, 11) is 0. The number of furan rings is 1. The third-order valence-electron chi connectivity index (χ3n) is 12.6. The van der Waals surface area contributed by atoms with Crippen LogP contribution in [0.4, 0.5) is 0 Å². The second-order valence-corrected chi connectivity index (χ2v) is 16.1. The summed E-state index contributed by atoms with van der Waals surface area (Å²) in [6.45, 7) is 0. The number of rotatable bonds is 6. The van der Waals surface area contributed by atoms with Gasteiger partial charge in [0.25, 0.3) is 0 Å². The van der Waals surface area contributed by atoms with E-state index in [0.717, 1.165) is 105 Å². The Hall–Kier alpha value is -8.54. The van der Waals surface area contributed by atoms with E-state index in [1.807, 2.05) is 18.2 Å². The van der Waals surface area contributed by atoms with Gasteiger partial charge in [-0.1, -0.05) is 170 Å². The van der Waals surface area contributed by atoms with Gasteiger partial charge < -0.3 is 8.98 Å². The number of para-hydroxylation sites is 6. The predicted molar refractivity (Wildman–Crippen MR) is 260 cm³/mol. The minimum atomic E-state index is 0.606. The van der Waals surface area contributed by atoms with Crippen molar-refractivity contribution in [3.63, 3.8) is 0 Å². The minimum absolute atomic E-state index is 0.606. The molecule has 0 saturated heterocycles. The fourth-order valence-electron chi connectivity index (χ4n) is 9.77. The van der Waals surface area contributed by atoms with E-state index in [1.54, 1.807) is 0 Å². The van der Waals surface area contributed by atoms with Crippen LogP contribution in [0.2, 0.25) is 0 Å². The van der Waals surface area contributed by atoms with E-state index in [9.17, 15) is 0 Å². The lowest BCUT2D eigenvalue weighted by atomic mass is 9.90. The summed E-state index contributed by atoms with van der Waals surface area (Å²) in [6, 6.07) is 77.3. The first kappa shape index (κ1) is 35.2. The van der Waals surface area contributed by atoms with Crippen molar-refractivity contribution in [2.24, 2.45) is 0 Å². The van der Waals surface area contributed by atoms with Crippen molar-refractivity contribution in [2.45, 2.75) is 0 Å². The Kier molecular flexibility index (Phi) is 7.84. The third-order valence-corrected chi connectivity index (χ3v) is 12.6. The van der Waals surface area contributed by atoms with Gasteiger partial charge in [0.1, 0.15) is 11.2 Å². The maximum atomic E-state index is 6.81. The Bertz CT molecular complexity index is 3840. The third kappa shape index (κ3) is 5.50. The second-order valence-electron chi connectivity index (χ2n) is 16.1. The van der Waals surface area contributed by atoms with Crippen LogP contribution in [-0.2, 0) is 0 Å². The maximum Gasteiger partial charge on any atom is 0.235 e. The Labute approximate surface area is 362 Å². The van der Waals surface area contributed by atoms with E-state index in [4.69, 9.17) is 14.4 Å². The Morgan fingerprint density at radius 2 is 0.857 bits per heavy atom. The van der Waals surface area contributed by atoms with Gasteiger partial charge in [-0.25, -0.2) is 9.97 Å². The molecule has 0 saturated carbocycles. The van der Waals surface area contributed by atoms with E-state index in [2.05, 4.69) is 209 Å². The Morgan fingerprint density at radius 3 is 1.56 bits per heavy atom. The van der Waals surface area contributed by atoms with E-state index in [1.165, 1.54) is 10.8 Å². The van der Waals surface area contributed by atoms with Crippen LogP contribution in [0.25, 0.3) is 122 Å². The molecule has 13 aromatic rings. The molecule has 0 aliphatic carbocycles. The number of fused-ring (bicyclic) bond motifs is 9. The molecule has 13 rings (SSSR count). The summed E-state index contributed by atoms with van der Waals surface area (Å²) in [5.41, 5.74) is 15.2. The summed E-state index contributed by atoms with van der Waals surface area (Å²) in [5.74, 6) is 0.606. The van der Waals surface area contributed by atoms with Crippen LogP contribution >= 0.6 is 0 Å². The highest BCUT2D eigenvalue weighted by molar-refractivity contribution is 6.19. The van der Waals surface area contributed by atoms with Crippen LogP contribution in [0.1, 0.15) is 0 Å². The van der Waals surface area contributed by atoms with Crippen molar-refractivity contribution in [1.82, 2.24) is 19.1 Å². The quantitative estimate of drug-likeness (QED) is 0.168. The lowest BCUT2D eigenvalue weighted by Gasteiger charge is -2.17. The van der Waals surface area contributed by atoms with Crippen molar-refractivity contribution in [2.75, 3.05) is 0 Å². The molecule has 5 heteroatoms. The van der Waals surface area contributed by atoms with Gasteiger partial charge in [0.15, 0.2) is 0 Å². The zero-order chi connectivity index (χ0) is 41.4. The highest BCUT2D eigenvalue weighted by atomic mass is 16.3. The fraction of sp³-hybridized carbons (Fsp3) is 0. The molecule has 0 aliphatic rings. The molecule has 0 aliphatic heterocycles. The number of hydrogen-bond acceptors (Lipinski definition) is 3. The second kappa shape index (κ2) is 14.0. The Balaban J connectivity index is 1.18. The highest BCUT2D eigenvalue weighted by Crippen LogP contribution is 2.47. The molecule has 0 fully saturated rings. The summed E-state index contributed by atoms with van der Waals surface area (Å²) < 4.78 is 11.5. The molecule has 0 N–H and O–H groups in total. The molecule has 63 heavy (non-hydrogen) atoms. The SMILES string of the molecule is c1ccc(-c2cc(-c3ccccc3)nc(-n3c4ccccc4c4cccc(-c5cc6c(cc5-c5cccc7c5oc5ccccc57)c5ccccc5n6-c5ccccc5)c43)n2)cc1. The zero-order valence-corrected chi connectivity index (χ0v) is 34.0. The van der Waals surface area contributed by atoms with Gasteiger partial charge in [-0.05, 0) is 59.7 Å². The van der Waals surface area contributed by atoms with E-state index in [0.29, 0.717) is 5.95 Å². The number of nitrogens with zero attached hydrogens (tertiary/aromatic N) is 4. The van der Waals surface area contributed by atoms with Gasteiger partial charge in [0, 0.05) is 60.3 Å². The molecular formula is C58H36N4O. The molecule has 0 radical (unpaired) electrons. The van der Waals surface area contributed by atoms with Crippen molar-refractivity contribution in [3.05, 3.63) is 218 Å². The molecule has 0 atom stereocenters. The first-order valence-electron chi connectivity index (χ1n) is 21.3. The van der Waals surface area contributed by atoms with Crippen molar-refractivity contribution in [1.29, 1.82) is 0 Å². The molecule has 0 spiro atoms. The predicted octanol–water partition coefficient (Wildman–Crippen LogP) is 15.2. The van der Waals surface area contributed by atoms with E-state index in [-0.39, 0.29) is 0 Å². The van der Waals surface area contributed by atoms with E-state index >= 15 is 0 Å². The van der Waals surface area contributed by atoms with Crippen LogP contribution in [0.15, 0.2) is 223 Å². The molecular weight excluding hydrogens is 769 g/mol. The van der Waals surface area contributed by atoms with Crippen LogP contribution in [0.3, 0.4) is 0 Å². The number of aromatic nitrogens is 4. The van der Waals surface area contributed by atoms with Gasteiger partial charge in [0.05, 0.1) is 33.5 Å². The molecule has 4 heterocycles. The highest BCUT2D eigenvalue weighted by Gasteiger charge is 2.25. The summed E-state index contributed by atoms with van der Waals surface area (Å²) in [6.07, 6.45) is 0. The van der Waals surface area contributed by atoms with Gasteiger partial charge in [-0.3, -0.25) is 4.57 Å².